The van der Waals surface area contributed by atoms with E-state index in [2.05, 4.69) is 4.98 Å². The molecule has 2 aromatic heterocycles. The van der Waals surface area contributed by atoms with Gasteiger partial charge in [-0.25, -0.2) is 9.78 Å². The normalized spacial score (nSPS) is 11.0. The van der Waals surface area contributed by atoms with Crippen molar-refractivity contribution in [3.05, 3.63) is 59.6 Å². The van der Waals surface area contributed by atoms with Crippen molar-refractivity contribution in [3.63, 3.8) is 0 Å². The largest absolute Gasteiger partial charge is 0.493 e. The summed E-state index contributed by atoms with van der Waals surface area (Å²) in [7, 11) is 4.61. The van der Waals surface area contributed by atoms with Gasteiger partial charge in [0.15, 0.2) is 11.5 Å². The Kier molecular flexibility index (Phi) is 5.84. The van der Waals surface area contributed by atoms with Gasteiger partial charge in [0.05, 0.1) is 27.0 Å². The first kappa shape index (κ1) is 19.3. The lowest BCUT2D eigenvalue weighted by molar-refractivity contribution is -0.139. The number of imidazole rings is 1. The number of benzene rings is 1. The molecule has 0 unspecified atom stereocenters. The summed E-state index contributed by atoms with van der Waals surface area (Å²) in [6.45, 7) is 2.10. The van der Waals surface area contributed by atoms with Crippen LogP contribution in [0.1, 0.15) is 16.8 Å². The van der Waals surface area contributed by atoms with Gasteiger partial charge in [0.1, 0.15) is 12.3 Å². The van der Waals surface area contributed by atoms with Crippen LogP contribution in [0.3, 0.4) is 0 Å². The summed E-state index contributed by atoms with van der Waals surface area (Å²) < 4.78 is 23.1. The first-order chi connectivity index (χ1) is 13.5. The van der Waals surface area contributed by atoms with Crippen molar-refractivity contribution >= 4 is 17.7 Å². The number of hydrogen-bond acceptors (Lipinski definition) is 6. The van der Waals surface area contributed by atoms with Crippen LogP contribution in [-0.4, -0.2) is 36.7 Å². The first-order valence-corrected chi connectivity index (χ1v) is 8.63. The van der Waals surface area contributed by atoms with E-state index in [1.165, 1.54) is 27.4 Å². The number of carbonyl (C=O) groups is 1. The molecule has 0 amide bonds. The third kappa shape index (κ3) is 4.25. The number of rotatable bonds is 7. The zero-order valence-electron chi connectivity index (χ0n) is 16.3. The summed E-state index contributed by atoms with van der Waals surface area (Å²) >= 11 is 0. The topological polar surface area (TPSA) is 71.3 Å². The van der Waals surface area contributed by atoms with Crippen LogP contribution in [0.25, 0.3) is 11.7 Å². The van der Waals surface area contributed by atoms with Crippen molar-refractivity contribution in [3.8, 4) is 17.2 Å². The maximum atomic E-state index is 12.1. The lowest BCUT2D eigenvalue weighted by Gasteiger charge is -2.12. The van der Waals surface area contributed by atoms with Gasteiger partial charge < -0.3 is 23.3 Å². The molecule has 0 radical (unpaired) electrons. The molecular weight excluding hydrogens is 360 g/mol. The maximum Gasteiger partial charge on any atom is 0.331 e. The van der Waals surface area contributed by atoms with Gasteiger partial charge in [0, 0.05) is 18.5 Å². The molecule has 0 bridgehead atoms. The molecule has 0 aliphatic heterocycles. The molecular formula is C21H22N2O5. The maximum absolute atomic E-state index is 12.1. The van der Waals surface area contributed by atoms with Crippen molar-refractivity contribution in [1.82, 2.24) is 9.38 Å². The van der Waals surface area contributed by atoms with Crippen LogP contribution in [0, 0.1) is 6.92 Å². The molecule has 1 aromatic carbocycles. The lowest BCUT2D eigenvalue weighted by Crippen LogP contribution is -2.01. The second-order valence-corrected chi connectivity index (χ2v) is 6.10. The van der Waals surface area contributed by atoms with Gasteiger partial charge in [0.25, 0.3) is 0 Å². The van der Waals surface area contributed by atoms with Gasteiger partial charge >= 0.3 is 5.97 Å². The summed E-state index contributed by atoms with van der Waals surface area (Å²) in [5, 5.41) is 0. The molecule has 7 heteroatoms. The van der Waals surface area contributed by atoms with E-state index in [-0.39, 0.29) is 6.61 Å². The van der Waals surface area contributed by atoms with Gasteiger partial charge in [-0.3, -0.25) is 0 Å². The molecule has 0 saturated heterocycles. The van der Waals surface area contributed by atoms with Gasteiger partial charge in [0.2, 0.25) is 5.75 Å². The number of esters is 1. The molecule has 146 valence electrons. The van der Waals surface area contributed by atoms with Crippen molar-refractivity contribution < 1.29 is 23.7 Å². The molecule has 0 spiro atoms. The smallest absolute Gasteiger partial charge is 0.331 e. The Morgan fingerprint density at radius 2 is 1.79 bits per heavy atom. The Labute approximate surface area is 163 Å². The fraction of sp³-hybridized carbons (Fsp3) is 0.238. The summed E-state index contributed by atoms with van der Waals surface area (Å²) in [4.78, 5) is 16.5. The van der Waals surface area contributed by atoms with Gasteiger partial charge in [-0.2, -0.15) is 0 Å². The standard InChI is InChI=1S/C21H22N2O5/c1-14-5-7-19-22-16(12-23(19)11-14)13-28-20(24)8-6-15-9-17(25-2)21(27-4)18(10-15)26-3/h5-12H,13H2,1-4H3. The fourth-order valence-electron chi connectivity index (χ4n) is 2.78. The highest BCUT2D eigenvalue weighted by Gasteiger charge is 2.12. The van der Waals surface area contributed by atoms with E-state index in [1.807, 2.05) is 35.9 Å². The number of fused-ring (bicyclic) bond motifs is 1. The number of carbonyl (C=O) groups excluding carboxylic acids is 1. The van der Waals surface area contributed by atoms with Crippen molar-refractivity contribution in [2.24, 2.45) is 0 Å². The van der Waals surface area contributed by atoms with E-state index < -0.39 is 5.97 Å². The highest BCUT2D eigenvalue weighted by atomic mass is 16.5. The zero-order valence-corrected chi connectivity index (χ0v) is 16.3. The minimum absolute atomic E-state index is 0.0964. The van der Waals surface area contributed by atoms with E-state index >= 15 is 0 Å². The van der Waals surface area contributed by atoms with E-state index in [1.54, 1.807) is 18.2 Å². The average molecular weight is 382 g/mol. The van der Waals surface area contributed by atoms with Crippen LogP contribution in [0.4, 0.5) is 0 Å². The molecule has 3 rings (SSSR count). The predicted octanol–water partition coefficient (Wildman–Crippen LogP) is 3.43. The molecule has 2 heterocycles. The van der Waals surface area contributed by atoms with Crippen LogP contribution in [-0.2, 0) is 16.1 Å². The Morgan fingerprint density at radius 1 is 1.07 bits per heavy atom. The molecule has 0 atom stereocenters. The van der Waals surface area contributed by atoms with Crippen molar-refractivity contribution in [1.29, 1.82) is 0 Å². The first-order valence-electron chi connectivity index (χ1n) is 8.63. The molecule has 28 heavy (non-hydrogen) atoms. The number of ether oxygens (including phenoxy) is 4. The van der Waals surface area contributed by atoms with Crippen molar-refractivity contribution in [2.75, 3.05) is 21.3 Å². The average Bonchev–Trinajstić information content (AvgIpc) is 3.11. The summed E-state index contributed by atoms with van der Waals surface area (Å²) in [5.41, 5.74) is 3.33. The van der Waals surface area contributed by atoms with Crippen LogP contribution in [0.5, 0.6) is 17.2 Å². The van der Waals surface area contributed by atoms with Crippen LogP contribution >= 0.6 is 0 Å². The second kappa shape index (κ2) is 8.47. The second-order valence-electron chi connectivity index (χ2n) is 6.10. The number of hydrogen-bond donors (Lipinski definition) is 0. The van der Waals surface area contributed by atoms with Crippen LogP contribution in [0.2, 0.25) is 0 Å². The van der Waals surface area contributed by atoms with E-state index in [4.69, 9.17) is 18.9 Å². The quantitative estimate of drug-likeness (QED) is 0.461. The monoisotopic (exact) mass is 382 g/mol. The summed E-state index contributed by atoms with van der Waals surface area (Å²) in [5.74, 6) is 1.04. The summed E-state index contributed by atoms with van der Waals surface area (Å²) in [6, 6.07) is 7.40. The molecule has 7 nitrogen and oxygen atoms in total. The van der Waals surface area contributed by atoms with E-state index in [9.17, 15) is 4.79 Å². The van der Waals surface area contributed by atoms with Crippen LogP contribution < -0.4 is 14.2 Å². The molecule has 0 aliphatic carbocycles. The highest BCUT2D eigenvalue weighted by Crippen LogP contribution is 2.38. The Balaban J connectivity index is 1.67. The Bertz CT molecular complexity index is 998. The zero-order chi connectivity index (χ0) is 20.1. The van der Waals surface area contributed by atoms with Gasteiger partial charge in [-0.15, -0.1) is 0 Å². The third-order valence-corrected chi connectivity index (χ3v) is 4.11. The summed E-state index contributed by atoms with van der Waals surface area (Å²) in [6.07, 6.45) is 6.79. The Hall–Kier alpha value is -3.48. The highest BCUT2D eigenvalue weighted by molar-refractivity contribution is 5.87. The number of aromatic nitrogens is 2. The molecule has 0 N–H and O–H groups in total. The minimum Gasteiger partial charge on any atom is -0.493 e. The van der Waals surface area contributed by atoms with Crippen molar-refractivity contribution in [2.45, 2.75) is 13.5 Å². The van der Waals surface area contributed by atoms with Gasteiger partial charge in [-0.05, 0) is 42.3 Å². The number of aryl methyl sites for hydroxylation is 1. The number of nitrogens with zero attached hydrogens (tertiary/aromatic N) is 2. The molecule has 0 aliphatic rings. The fourth-order valence-corrected chi connectivity index (χ4v) is 2.78. The Morgan fingerprint density at radius 3 is 2.43 bits per heavy atom. The SMILES string of the molecule is COc1cc(C=CC(=O)OCc2cn3cc(C)ccc3n2)cc(OC)c1OC. The lowest BCUT2D eigenvalue weighted by atomic mass is 10.1. The number of methoxy groups -OCH3 is 3. The van der Waals surface area contributed by atoms with E-state index in [0.29, 0.717) is 22.9 Å². The molecule has 3 aromatic rings. The minimum atomic E-state index is -0.470. The van der Waals surface area contributed by atoms with Gasteiger partial charge in [-0.1, -0.05) is 6.07 Å². The van der Waals surface area contributed by atoms with E-state index in [0.717, 1.165) is 16.8 Å². The molecule has 0 saturated carbocycles. The van der Waals surface area contributed by atoms with Crippen LogP contribution in [0.15, 0.2) is 42.7 Å². The number of pyridine rings is 1. The third-order valence-electron chi connectivity index (χ3n) is 4.11. The predicted molar refractivity (Wildman–Crippen MR) is 105 cm³/mol. The molecule has 0 fully saturated rings.